The minimum absolute atomic E-state index is 0.204. The average Bonchev–Trinajstić information content (AvgIpc) is 2.90. The van der Waals surface area contributed by atoms with Crippen molar-refractivity contribution in [2.75, 3.05) is 0 Å². The summed E-state index contributed by atoms with van der Waals surface area (Å²) in [6.45, 7) is 0. The summed E-state index contributed by atoms with van der Waals surface area (Å²) in [6, 6.07) is 11.1. The molecule has 0 spiro atoms. The van der Waals surface area contributed by atoms with Gasteiger partial charge in [-0.15, -0.1) is 12.3 Å². The van der Waals surface area contributed by atoms with Crippen molar-refractivity contribution in [1.29, 1.82) is 0 Å². The highest BCUT2D eigenvalue weighted by Gasteiger charge is 2.40. The van der Waals surface area contributed by atoms with Crippen LogP contribution < -0.4 is 5.73 Å². The summed E-state index contributed by atoms with van der Waals surface area (Å²) in [5.41, 5.74) is 8.15. The molecule has 1 aromatic rings. The average molecular weight is 241 g/mol. The van der Waals surface area contributed by atoms with Crippen LogP contribution in [0.5, 0.6) is 0 Å². The SMILES string of the molecule is C#CCCCC(N)C1(c2ccccc2)CCCC1. The van der Waals surface area contributed by atoms with Gasteiger partial charge in [-0.2, -0.15) is 0 Å². The maximum atomic E-state index is 6.52. The lowest BCUT2D eigenvalue weighted by Crippen LogP contribution is -2.43. The van der Waals surface area contributed by atoms with Crippen molar-refractivity contribution in [1.82, 2.24) is 0 Å². The summed E-state index contributed by atoms with van der Waals surface area (Å²) in [7, 11) is 0. The van der Waals surface area contributed by atoms with E-state index in [4.69, 9.17) is 12.2 Å². The van der Waals surface area contributed by atoms with Crippen molar-refractivity contribution in [2.45, 2.75) is 56.4 Å². The maximum Gasteiger partial charge on any atom is 0.0137 e. The van der Waals surface area contributed by atoms with Gasteiger partial charge < -0.3 is 5.73 Å². The molecule has 0 radical (unpaired) electrons. The standard InChI is InChI=1S/C17H23N/c1-2-3-5-12-16(18)17(13-8-9-14-17)15-10-6-4-7-11-15/h1,4,6-7,10-11,16H,3,5,8-9,12-14,18H2. The Morgan fingerprint density at radius 3 is 2.50 bits per heavy atom. The fraction of sp³-hybridized carbons (Fsp3) is 0.529. The molecule has 2 N–H and O–H groups in total. The van der Waals surface area contributed by atoms with E-state index in [1.165, 1.54) is 31.2 Å². The Labute approximate surface area is 111 Å². The van der Waals surface area contributed by atoms with Crippen LogP contribution in [0.15, 0.2) is 30.3 Å². The summed E-state index contributed by atoms with van der Waals surface area (Å²) in [6.07, 6.45) is 13.3. The number of unbranched alkanes of at least 4 members (excludes halogenated alkanes) is 1. The smallest absolute Gasteiger partial charge is 0.0137 e. The van der Waals surface area contributed by atoms with E-state index in [9.17, 15) is 0 Å². The molecule has 0 aliphatic heterocycles. The van der Waals surface area contributed by atoms with Crippen molar-refractivity contribution in [3.63, 3.8) is 0 Å². The molecule has 1 saturated carbocycles. The first kappa shape index (κ1) is 13.2. The van der Waals surface area contributed by atoms with Crippen molar-refractivity contribution < 1.29 is 0 Å². The Kier molecular flexibility index (Phi) is 4.44. The molecule has 1 aliphatic carbocycles. The van der Waals surface area contributed by atoms with Crippen LogP contribution in [0.1, 0.15) is 50.5 Å². The number of nitrogens with two attached hydrogens (primary N) is 1. The summed E-state index contributed by atoms with van der Waals surface area (Å²) in [5, 5.41) is 0. The molecule has 0 bridgehead atoms. The Morgan fingerprint density at radius 2 is 1.89 bits per heavy atom. The monoisotopic (exact) mass is 241 g/mol. The van der Waals surface area contributed by atoms with E-state index in [0.29, 0.717) is 0 Å². The maximum absolute atomic E-state index is 6.52. The molecule has 1 nitrogen and oxygen atoms in total. The van der Waals surface area contributed by atoms with Crippen molar-refractivity contribution >= 4 is 0 Å². The molecule has 0 amide bonds. The van der Waals surface area contributed by atoms with Crippen LogP contribution >= 0.6 is 0 Å². The molecule has 0 aromatic heterocycles. The molecule has 1 fully saturated rings. The van der Waals surface area contributed by atoms with Gasteiger partial charge in [0.2, 0.25) is 0 Å². The number of rotatable bonds is 5. The Balaban J connectivity index is 2.14. The predicted molar refractivity (Wildman–Crippen MR) is 77.2 cm³/mol. The Bertz CT molecular complexity index is 395. The molecule has 18 heavy (non-hydrogen) atoms. The van der Waals surface area contributed by atoms with Gasteiger partial charge in [0.1, 0.15) is 0 Å². The zero-order valence-electron chi connectivity index (χ0n) is 11.1. The van der Waals surface area contributed by atoms with Gasteiger partial charge in [-0.3, -0.25) is 0 Å². The van der Waals surface area contributed by atoms with Crippen LogP contribution in [0, 0.1) is 12.3 Å². The van der Waals surface area contributed by atoms with E-state index >= 15 is 0 Å². The van der Waals surface area contributed by atoms with Crippen molar-refractivity contribution in [2.24, 2.45) is 5.73 Å². The molecule has 1 heteroatoms. The second-order valence-electron chi connectivity index (χ2n) is 5.43. The van der Waals surface area contributed by atoms with Gasteiger partial charge in [-0.1, -0.05) is 43.2 Å². The van der Waals surface area contributed by atoms with Crippen LogP contribution in [0.3, 0.4) is 0 Å². The lowest BCUT2D eigenvalue weighted by Gasteiger charge is -2.36. The lowest BCUT2D eigenvalue weighted by atomic mass is 9.71. The zero-order chi connectivity index (χ0) is 12.8. The highest BCUT2D eigenvalue weighted by molar-refractivity contribution is 5.29. The van der Waals surface area contributed by atoms with Crippen molar-refractivity contribution in [3.8, 4) is 12.3 Å². The van der Waals surface area contributed by atoms with Crippen LogP contribution in [-0.2, 0) is 5.41 Å². The van der Waals surface area contributed by atoms with Gasteiger partial charge in [0.15, 0.2) is 0 Å². The highest BCUT2D eigenvalue weighted by atomic mass is 14.7. The highest BCUT2D eigenvalue weighted by Crippen LogP contribution is 2.44. The van der Waals surface area contributed by atoms with Crippen LogP contribution in [0.4, 0.5) is 0 Å². The molecule has 1 aromatic carbocycles. The fourth-order valence-electron chi connectivity index (χ4n) is 3.35. The van der Waals surface area contributed by atoms with Crippen LogP contribution in [-0.4, -0.2) is 6.04 Å². The number of terminal acetylenes is 1. The van der Waals surface area contributed by atoms with E-state index < -0.39 is 0 Å². The molecule has 1 unspecified atom stereocenters. The minimum Gasteiger partial charge on any atom is -0.327 e. The first-order chi connectivity index (χ1) is 8.79. The van der Waals surface area contributed by atoms with Crippen LogP contribution in [0.25, 0.3) is 0 Å². The minimum atomic E-state index is 0.204. The molecular formula is C17H23N. The third-order valence-corrected chi connectivity index (χ3v) is 4.39. The van der Waals surface area contributed by atoms with Gasteiger partial charge >= 0.3 is 0 Å². The Morgan fingerprint density at radius 1 is 1.22 bits per heavy atom. The third kappa shape index (κ3) is 2.60. The van der Waals surface area contributed by atoms with Gasteiger partial charge in [0.25, 0.3) is 0 Å². The zero-order valence-corrected chi connectivity index (χ0v) is 11.1. The molecule has 1 atom stereocenters. The molecule has 96 valence electrons. The summed E-state index contributed by atoms with van der Waals surface area (Å²) in [4.78, 5) is 0. The second-order valence-corrected chi connectivity index (χ2v) is 5.43. The van der Waals surface area contributed by atoms with E-state index in [2.05, 4.69) is 36.3 Å². The van der Waals surface area contributed by atoms with Gasteiger partial charge in [-0.05, 0) is 31.2 Å². The first-order valence-corrected chi connectivity index (χ1v) is 7.04. The largest absolute Gasteiger partial charge is 0.327 e. The van der Waals surface area contributed by atoms with E-state index in [1.54, 1.807) is 0 Å². The number of hydrogen-bond donors (Lipinski definition) is 1. The van der Waals surface area contributed by atoms with Crippen LogP contribution in [0.2, 0.25) is 0 Å². The second kappa shape index (κ2) is 6.07. The molecule has 2 rings (SSSR count). The van der Waals surface area contributed by atoms with E-state index in [1.807, 2.05) is 0 Å². The van der Waals surface area contributed by atoms with Gasteiger partial charge in [0.05, 0.1) is 0 Å². The Hall–Kier alpha value is -1.26. The first-order valence-electron chi connectivity index (χ1n) is 7.04. The van der Waals surface area contributed by atoms with Gasteiger partial charge in [0, 0.05) is 17.9 Å². The van der Waals surface area contributed by atoms with Crippen molar-refractivity contribution in [3.05, 3.63) is 35.9 Å². The molecule has 0 saturated heterocycles. The summed E-state index contributed by atoms with van der Waals surface area (Å²) in [5.74, 6) is 2.71. The van der Waals surface area contributed by atoms with E-state index in [-0.39, 0.29) is 11.5 Å². The number of hydrogen-bond acceptors (Lipinski definition) is 1. The quantitative estimate of drug-likeness (QED) is 0.618. The molecule has 1 aliphatic rings. The lowest BCUT2D eigenvalue weighted by molar-refractivity contribution is 0.330. The fourth-order valence-corrected chi connectivity index (χ4v) is 3.35. The summed E-state index contributed by atoms with van der Waals surface area (Å²) < 4.78 is 0. The molecular weight excluding hydrogens is 218 g/mol. The topological polar surface area (TPSA) is 26.0 Å². The normalized spacial score (nSPS) is 19.3. The predicted octanol–water partition coefficient (Wildman–Crippen LogP) is 3.63. The third-order valence-electron chi connectivity index (χ3n) is 4.39. The van der Waals surface area contributed by atoms with Gasteiger partial charge in [-0.25, -0.2) is 0 Å². The number of benzene rings is 1. The van der Waals surface area contributed by atoms with E-state index in [0.717, 1.165) is 19.3 Å². The molecule has 0 heterocycles. The summed E-state index contributed by atoms with van der Waals surface area (Å²) >= 11 is 0.